The third kappa shape index (κ3) is 4.99. The van der Waals surface area contributed by atoms with Crippen molar-refractivity contribution in [1.82, 2.24) is 10.3 Å². The van der Waals surface area contributed by atoms with Gasteiger partial charge in [0.25, 0.3) is 11.6 Å². The molecule has 1 aliphatic rings. The predicted octanol–water partition coefficient (Wildman–Crippen LogP) is 1.95. The Bertz CT molecular complexity index is 855. The van der Waals surface area contributed by atoms with Gasteiger partial charge in [0.05, 0.1) is 30.9 Å². The zero-order valence-electron chi connectivity index (χ0n) is 14.9. The normalized spacial score (nSPS) is 15.1. The minimum Gasteiger partial charge on any atom is -0.455 e. The van der Waals surface area contributed by atoms with Gasteiger partial charge in [-0.15, -0.1) is 0 Å². The van der Waals surface area contributed by atoms with Crippen LogP contribution in [0.5, 0.6) is 0 Å². The van der Waals surface area contributed by atoms with Crippen molar-refractivity contribution in [2.75, 3.05) is 32.8 Å². The van der Waals surface area contributed by atoms with E-state index < -0.39 is 4.92 Å². The van der Waals surface area contributed by atoms with Crippen LogP contribution in [-0.4, -0.2) is 54.8 Å². The number of benzene rings is 1. The fourth-order valence-corrected chi connectivity index (χ4v) is 2.77. The van der Waals surface area contributed by atoms with Gasteiger partial charge in [-0.1, -0.05) is 0 Å². The van der Waals surface area contributed by atoms with Gasteiger partial charge in [0.15, 0.2) is 0 Å². The van der Waals surface area contributed by atoms with E-state index >= 15 is 0 Å². The average molecular weight is 372 g/mol. The van der Waals surface area contributed by atoms with E-state index in [9.17, 15) is 14.9 Å². The number of aryl methyl sites for hydroxylation is 1. The Morgan fingerprint density at radius 2 is 2.11 bits per heavy atom. The second kappa shape index (κ2) is 8.56. The lowest BCUT2D eigenvalue weighted by Gasteiger charge is -2.25. The van der Waals surface area contributed by atoms with Crippen molar-refractivity contribution >= 4 is 17.8 Å². The molecule has 9 heteroatoms. The number of non-ortho nitro benzene ring substituents is 1. The van der Waals surface area contributed by atoms with Gasteiger partial charge in [0.2, 0.25) is 0 Å². The lowest BCUT2D eigenvalue weighted by Crippen LogP contribution is -2.42. The van der Waals surface area contributed by atoms with Crippen LogP contribution in [0.4, 0.5) is 5.69 Å². The van der Waals surface area contributed by atoms with Crippen LogP contribution in [0.25, 0.3) is 11.3 Å². The van der Waals surface area contributed by atoms with Gasteiger partial charge in [-0.2, -0.15) is 5.10 Å². The Balaban J connectivity index is 1.58. The van der Waals surface area contributed by atoms with Crippen LogP contribution in [0, 0.1) is 17.0 Å². The molecule has 0 atom stereocenters. The standard InChI is InChI=1S/C18H20N4O5/c1-13-10-14(22(24)25)2-4-16(13)17-5-3-15(27-17)11-19-20-18(23)12-21-6-8-26-9-7-21/h2-5,10-11H,6-9,12H2,1H3,(H,20,23)/b19-11-. The zero-order chi connectivity index (χ0) is 19.2. The summed E-state index contributed by atoms with van der Waals surface area (Å²) in [5.74, 6) is 0.837. The van der Waals surface area contributed by atoms with E-state index in [1.807, 2.05) is 4.90 Å². The number of ether oxygens (including phenoxy) is 1. The van der Waals surface area contributed by atoms with Gasteiger partial charge in [0, 0.05) is 30.8 Å². The minimum atomic E-state index is -0.434. The number of hydrazone groups is 1. The maximum Gasteiger partial charge on any atom is 0.269 e. The molecule has 1 fully saturated rings. The number of nitro groups is 1. The number of amides is 1. The molecule has 2 aromatic rings. The Morgan fingerprint density at radius 1 is 1.33 bits per heavy atom. The first-order chi connectivity index (χ1) is 13.0. The monoisotopic (exact) mass is 372 g/mol. The topological polar surface area (TPSA) is 110 Å². The summed E-state index contributed by atoms with van der Waals surface area (Å²) in [6.07, 6.45) is 1.42. The number of carbonyl (C=O) groups excluding carboxylic acids is 1. The number of nitrogens with one attached hydrogen (secondary N) is 1. The highest BCUT2D eigenvalue weighted by atomic mass is 16.6. The van der Waals surface area contributed by atoms with Crippen LogP contribution < -0.4 is 5.43 Å². The second-order valence-corrected chi connectivity index (χ2v) is 6.14. The summed E-state index contributed by atoms with van der Waals surface area (Å²) in [6.45, 7) is 4.78. The Kier molecular flexibility index (Phi) is 5.94. The molecule has 1 amide bonds. The van der Waals surface area contributed by atoms with Crippen molar-refractivity contribution < 1.29 is 18.9 Å². The first-order valence-corrected chi connectivity index (χ1v) is 8.50. The molecule has 0 spiro atoms. The SMILES string of the molecule is Cc1cc([N+](=O)[O-])ccc1-c1ccc(/C=N\NC(=O)CN2CCOCC2)o1. The summed E-state index contributed by atoms with van der Waals surface area (Å²) in [4.78, 5) is 24.3. The van der Waals surface area contributed by atoms with Crippen LogP contribution in [0.1, 0.15) is 11.3 Å². The molecular weight excluding hydrogens is 352 g/mol. The third-order valence-electron chi connectivity index (χ3n) is 4.17. The lowest BCUT2D eigenvalue weighted by molar-refractivity contribution is -0.384. The van der Waals surface area contributed by atoms with E-state index in [0.29, 0.717) is 24.7 Å². The maximum absolute atomic E-state index is 11.9. The predicted molar refractivity (Wildman–Crippen MR) is 98.5 cm³/mol. The highest BCUT2D eigenvalue weighted by molar-refractivity contribution is 5.82. The number of nitrogens with zero attached hydrogens (tertiary/aromatic N) is 3. The Morgan fingerprint density at radius 3 is 2.81 bits per heavy atom. The van der Waals surface area contributed by atoms with Gasteiger partial charge in [0.1, 0.15) is 11.5 Å². The van der Waals surface area contributed by atoms with E-state index in [2.05, 4.69) is 10.5 Å². The second-order valence-electron chi connectivity index (χ2n) is 6.14. The van der Waals surface area contributed by atoms with E-state index in [0.717, 1.165) is 24.2 Å². The third-order valence-corrected chi connectivity index (χ3v) is 4.17. The summed E-state index contributed by atoms with van der Waals surface area (Å²) in [5.41, 5.74) is 4.00. The molecule has 1 aliphatic heterocycles. The van der Waals surface area contributed by atoms with Gasteiger partial charge < -0.3 is 9.15 Å². The molecule has 0 unspecified atom stereocenters. The number of hydrogen-bond donors (Lipinski definition) is 1. The van der Waals surface area contributed by atoms with E-state index in [1.54, 1.807) is 25.1 Å². The van der Waals surface area contributed by atoms with Gasteiger partial charge in [-0.25, -0.2) is 5.43 Å². The Labute approximate surface area is 155 Å². The van der Waals surface area contributed by atoms with Crippen LogP contribution in [-0.2, 0) is 9.53 Å². The van der Waals surface area contributed by atoms with Gasteiger partial charge >= 0.3 is 0 Å². The molecule has 2 heterocycles. The molecule has 27 heavy (non-hydrogen) atoms. The molecule has 0 saturated carbocycles. The van der Waals surface area contributed by atoms with E-state index in [-0.39, 0.29) is 18.1 Å². The molecule has 1 saturated heterocycles. The number of carbonyl (C=O) groups is 1. The summed E-state index contributed by atoms with van der Waals surface area (Å²) in [6, 6.07) is 8.05. The van der Waals surface area contributed by atoms with Gasteiger partial charge in [-0.05, 0) is 30.7 Å². The molecule has 0 radical (unpaired) electrons. The number of morpholine rings is 1. The maximum atomic E-state index is 11.9. The van der Waals surface area contributed by atoms with Gasteiger partial charge in [-0.3, -0.25) is 19.8 Å². The van der Waals surface area contributed by atoms with Crippen LogP contribution in [0.3, 0.4) is 0 Å². The smallest absolute Gasteiger partial charge is 0.269 e. The summed E-state index contributed by atoms with van der Waals surface area (Å²) < 4.78 is 10.9. The number of nitro benzene ring substituents is 1. The number of furan rings is 1. The van der Waals surface area contributed by atoms with Crippen LogP contribution in [0.2, 0.25) is 0 Å². The fourth-order valence-electron chi connectivity index (χ4n) is 2.77. The minimum absolute atomic E-state index is 0.0348. The van der Waals surface area contributed by atoms with Crippen LogP contribution in [0.15, 0.2) is 39.9 Å². The summed E-state index contributed by atoms with van der Waals surface area (Å²) in [7, 11) is 0. The highest BCUT2D eigenvalue weighted by Gasteiger charge is 2.14. The molecule has 0 aliphatic carbocycles. The number of rotatable bonds is 6. The molecule has 1 aromatic heterocycles. The van der Waals surface area contributed by atoms with E-state index in [4.69, 9.17) is 9.15 Å². The molecule has 0 bridgehead atoms. The van der Waals surface area contributed by atoms with E-state index in [1.165, 1.54) is 18.3 Å². The largest absolute Gasteiger partial charge is 0.455 e. The molecule has 142 valence electrons. The molecular formula is C18H20N4O5. The quantitative estimate of drug-likeness (QED) is 0.471. The fraction of sp³-hybridized carbons (Fsp3) is 0.333. The van der Waals surface area contributed by atoms with Crippen molar-refractivity contribution in [1.29, 1.82) is 0 Å². The molecule has 1 N–H and O–H groups in total. The summed E-state index contributed by atoms with van der Waals surface area (Å²) in [5, 5.41) is 14.7. The molecule has 1 aromatic carbocycles. The number of hydrogen-bond acceptors (Lipinski definition) is 7. The van der Waals surface area contributed by atoms with Crippen molar-refractivity contribution in [3.8, 4) is 11.3 Å². The summed E-state index contributed by atoms with van der Waals surface area (Å²) >= 11 is 0. The van der Waals surface area contributed by atoms with Crippen LogP contribution >= 0.6 is 0 Å². The molecule has 9 nitrogen and oxygen atoms in total. The molecule has 3 rings (SSSR count). The van der Waals surface area contributed by atoms with Crippen molar-refractivity contribution in [2.24, 2.45) is 5.10 Å². The lowest BCUT2D eigenvalue weighted by atomic mass is 10.1. The Hall–Kier alpha value is -3.04. The first kappa shape index (κ1) is 18.7. The van der Waals surface area contributed by atoms with Crippen molar-refractivity contribution in [3.63, 3.8) is 0 Å². The first-order valence-electron chi connectivity index (χ1n) is 8.50. The van der Waals surface area contributed by atoms with Crippen molar-refractivity contribution in [3.05, 3.63) is 51.8 Å². The highest BCUT2D eigenvalue weighted by Crippen LogP contribution is 2.28. The van der Waals surface area contributed by atoms with Crippen molar-refractivity contribution in [2.45, 2.75) is 6.92 Å². The zero-order valence-corrected chi connectivity index (χ0v) is 14.9. The average Bonchev–Trinajstić information content (AvgIpc) is 3.11.